The summed E-state index contributed by atoms with van der Waals surface area (Å²) in [4.78, 5) is 17.6. The number of guanidine groups is 1. The summed E-state index contributed by atoms with van der Waals surface area (Å²) in [5.74, 6) is 0.665. The van der Waals surface area contributed by atoms with Gasteiger partial charge < -0.3 is 19.7 Å². The highest BCUT2D eigenvalue weighted by molar-refractivity contribution is 14.0. The van der Waals surface area contributed by atoms with Crippen molar-refractivity contribution in [1.82, 2.24) is 10.2 Å². The maximum absolute atomic E-state index is 11.1. The Morgan fingerprint density at radius 2 is 2.30 bits per heavy atom. The fourth-order valence-electron chi connectivity index (χ4n) is 2.80. The van der Waals surface area contributed by atoms with Crippen LogP contribution in [0.25, 0.3) is 0 Å². The monoisotopic (exact) mass is 397 g/mol. The zero-order valence-electron chi connectivity index (χ0n) is 12.2. The Morgan fingerprint density at radius 3 is 2.90 bits per heavy atom. The van der Waals surface area contributed by atoms with Crippen LogP contribution in [-0.4, -0.2) is 63.8 Å². The van der Waals surface area contributed by atoms with E-state index < -0.39 is 0 Å². The van der Waals surface area contributed by atoms with Gasteiger partial charge in [0.1, 0.15) is 0 Å². The van der Waals surface area contributed by atoms with Crippen molar-refractivity contribution in [2.45, 2.75) is 19.3 Å². The molecule has 0 aromatic carbocycles. The number of hydrogen-bond acceptors (Lipinski definition) is 4. The van der Waals surface area contributed by atoms with Gasteiger partial charge in [-0.05, 0) is 12.8 Å². The van der Waals surface area contributed by atoms with Crippen LogP contribution in [0.1, 0.15) is 19.3 Å². The highest BCUT2D eigenvalue weighted by atomic mass is 127. The fourth-order valence-corrected chi connectivity index (χ4v) is 2.80. The minimum absolute atomic E-state index is 0. The summed E-state index contributed by atoms with van der Waals surface area (Å²) >= 11 is 0. The molecule has 0 aromatic heterocycles. The maximum atomic E-state index is 11.1. The van der Waals surface area contributed by atoms with Crippen LogP contribution in [-0.2, 0) is 14.3 Å². The van der Waals surface area contributed by atoms with E-state index in [1.807, 2.05) is 0 Å². The predicted octanol–water partition coefficient (Wildman–Crippen LogP) is 0.855. The normalized spacial score (nSPS) is 25.7. The van der Waals surface area contributed by atoms with Crippen LogP contribution in [0.15, 0.2) is 4.99 Å². The summed E-state index contributed by atoms with van der Waals surface area (Å²) < 4.78 is 10.1. The van der Waals surface area contributed by atoms with Crippen LogP contribution in [0.4, 0.5) is 0 Å². The fraction of sp³-hybridized carbons (Fsp3) is 0.846. The minimum atomic E-state index is -0.204. The lowest BCUT2D eigenvalue weighted by molar-refractivity contribution is -0.140. The second-order valence-corrected chi connectivity index (χ2v) is 5.27. The van der Waals surface area contributed by atoms with E-state index in [4.69, 9.17) is 4.74 Å². The highest BCUT2D eigenvalue weighted by Gasteiger charge is 2.42. The molecule has 7 heteroatoms. The summed E-state index contributed by atoms with van der Waals surface area (Å²) in [6.45, 7) is 4.29. The van der Waals surface area contributed by atoms with E-state index in [0.29, 0.717) is 18.4 Å². The van der Waals surface area contributed by atoms with Crippen LogP contribution in [0.2, 0.25) is 0 Å². The number of methoxy groups -OCH3 is 1. The van der Waals surface area contributed by atoms with Crippen LogP contribution in [0, 0.1) is 5.41 Å². The molecule has 2 fully saturated rings. The zero-order valence-corrected chi connectivity index (χ0v) is 14.5. The van der Waals surface area contributed by atoms with Crippen molar-refractivity contribution >= 4 is 35.9 Å². The second-order valence-electron chi connectivity index (χ2n) is 5.27. The number of hydrogen-bond donors (Lipinski definition) is 1. The molecule has 0 radical (unpaired) electrons. The number of carbonyl (C=O) groups is 1. The number of carbonyl (C=O) groups excluding carboxylic acids is 1. The zero-order chi connectivity index (χ0) is 13.7. The van der Waals surface area contributed by atoms with Crippen molar-refractivity contribution in [3.8, 4) is 0 Å². The number of ether oxygens (including phenoxy) is 2. The summed E-state index contributed by atoms with van der Waals surface area (Å²) in [5, 5.41) is 3.22. The van der Waals surface area contributed by atoms with Gasteiger partial charge >= 0.3 is 5.97 Å². The molecule has 2 rings (SSSR count). The predicted molar refractivity (Wildman–Crippen MR) is 87.5 cm³/mol. The number of nitrogens with zero attached hydrogens (tertiary/aromatic N) is 2. The van der Waals surface area contributed by atoms with Crippen LogP contribution in [0.5, 0.6) is 0 Å². The van der Waals surface area contributed by atoms with Gasteiger partial charge in [-0.1, -0.05) is 0 Å². The topological polar surface area (TPSA) is 63.2 Å². The van der Waals surface area contributed by atoms with Crippen molar-refractivity contribution < 1.29 is 14.3 Å². The molecule has 1 unspecified atom stereocenters. The summed E-state index contributed by atoms with van der Waals surface area (Å²) in [6.07, 6.45) is 2.66. The van der Waals surface area contributed by atoms with Crippen molar-refractivity contribution in [2.75, 3.05) is 47.0 Å². The van der Waals surface area contributed by atoms with E-state index >= 15 is 0 Å². The van der Waals surface area contributed by atoms with Crippen molar-refractivity contribution in [3.63, 3.8) is 0 Å². The van der Waals surface area contributed by atoms with Gasteiger partial charge in [0.15, 0.2) is 5.96 Å². The Bertz CT molecular complexity index is 357. The van der Waals surface area contributed by atoms with Gasteiger partial charge in [-0.15, -0.1) is 24.0 Å². The molecule has 20 heavy (non-hydrogen) atoms. The molecule has 1 N–H and O–H groups in total. The van der Waals surface area contributed by atoms with Crippen LogP contribution in [0.3, 0.4) is 0 Å². The van der Waals surface area contributed by atoms with Gasteiger partial charge in [-0.2, -0.15) is 0 Å². The Morgan fingerprint density at radius 1 is 1.50 bits per heavy atom. The highest BCUT2D eigenvalue weighted by Crippen LogP contribution is 2.38. The Hall–Kier alpha value is -0.570. The number of aliphatic imine (C=N–C) groups is 1. The molecule has 0 saturated carbocycles. The second kappa shape index (κ2) is 8.02. The largest absolute Gasteiger partial charge is 0.469 e. The van der Waals surface area contributed by atoms with Crippen LogP contribution < -0.4 is 5.32 Å². The van der Waals surface area contributed by atoms with E-state index in [2.05, 4.69) is 19.9 Å². The molecule has 0 aromatic rings. The molecule has 116 valence electrons. The van der Waals surface area contributed by atoms with Crippen LogP contribution >= 0.6 is 24.0 Å². The Kier molecular flexibility index (Phi) is 7.01. The number of likely N-dealkylation sites (tertiary alicyclic amines) is 1. The Labute approximate surface area is 137 Å². The smallest absolute Gasteiger partial charge is 0.307 e. The summed E-state index contributed by atoms with van der Waals surface area (Å²) in [5.41, 5.74) is 0.319. The average Bonchev–Trinajstić information content (AvgIpc) is 3.05. The third-order valence-electron chi connectivity index (χ3n) is 3.97. The first-order chi connectivity index (χ1) is 9.19. The molecule has 2 heterocycles. The SMILES string of the molecule is CN=C(NCCC(=O)OC)N1CCC2(CCOC2)C1.I. The molecule has 0 bridgehead atoms. The van der Waals surface area contributed by atoms with E-state index in [1.54, 1.807) is 7.05 Å². The van der Waals surface area contributed by atoms with E-state index in [0.717, 1.165) is 45.1 Å². The lowest BCUT2D eigenvalue weighted by Gasteiger charge is -2.24. The first-order valence-electron chi connectivity index (χ1n) is 6.79. The number of esters is 1. The molecular formula is C13H24IN3O3. The first kappa shape index (κ1) is 17.5. The number of halogens is 1. The first-order valence-corrected chi connectivity index (χ1v) is 6.79. The van der Waals surface area contributed by atoms with Gasteiger partial charge in [-0.3, -0.25) is 9.79 Å². The van der Waals surface area contributed by atoms with Gasteiger partial charge in [0.2, 0.25) is 0 Å². The quantitative estimate of drug-likeness (QED) is 0.331. The lowest BCUT2D eigenvalue weighted by Crippen LogP contribution is -2.42. The van der Waals surface area contributed by atoms with E-state index in [1.165, 1.54) is 7.11 Å². The van der Waals surface area contributed by atoms with Crippen molar-refractivity contribution in [3.05, 3.63) is 0 Å². The number of nitrogens with one attached hydrogen (secondary N) is 1. The van der Waals surface area contributed by atoms with Crippen molar-refractivity contribution in [1.29, 1.82) is 0 Å². The molecule has 0 aliphatic carbocycles. The summed E-state index contributed by atoms with van der Waals surface area (Å²) in [7, 11) is 3.18. The maximum Gasteiger partial charge on any atom is 0.307 e. The molecule has 1 spiro atoms. The molecule has 0 amide bonds. The standard InChI is InChI=1S/C13H23N3O3.HI/c1-14-12(15-6-3-11(17)18-2)16-7-4-13(9-16)5-8-19-10-13;/h3-10H2,1-2H3,(H,14,15);1H. The minimum Gasteiger partial charge on any atom is -0.469 e. The third-order valence-corrected chi connectivity index (χ3v) is 3.97. The van der Waals surface area contributed by atoms with E-state index in [-0.39, 0.29) is 29.9 Å². The van der Waals surface area contributed by atoms with Crippen molar-refractivity contribution in [2.24, 2.45) is 10.4 Å². The van der Waals surface area contributed by atoms with E-state index in [9.17, 15) is 4.79 Å². The molecule has 6 nitrogen and oxygen atoms in total. The Balaban J connectivity index is 0.00000200. The third kappa shape index (κ3) is 4.21. The number of rotatable bonds is 3. The molecule has 1 atom stereocenters. The molecule has 2 saturated heterocycles. The average molecular weight is 397 g/mol. The lowest BCUT2D eigenvalue weighted by atomic mass is 9.87. The van der Waals surface area contributed by atoms with Gasteiger partial charge in [-0.25, -0.2) is 0 Å². The molecule has 2 aliphatic heterocycles. The van der Waals surface area contributed by atoms with Gasteiger partial charge in [0.25, 0.3) is 0 Å². The van der Waals surface area contributed by atoms with Gasteiger partial charge in [0, 0.05) is 38.7 Å². The molecule has 2 aliphatic rings. The summed E-state index contributed by atoms with van der Waals surface area (Å²) in [6, 6.07) is 0. The van der Waals surface area contributed by atoms with Gasteiger partial charge in [0.05, 0.1) is 20.1 Å². The molecular weight excluding hydrogens is 373 g/mol.